The van der Waals surface area contributed by atoms with Crippen LogP contribution in [0.25, 0.3) is 4.96 Å². The van der Waals surface area contributed by atoms with Crippen molar-refractivity contribution in [3.05, 3.63) is 51.9 Å². The number of hydrogen-bond acceptors (Lipinski definition) is 7. The lowest BCUT2D eigenvalue weighted by Crippen LogP contribution is -2.36. The van der Waals surface area contributed by atoms with Crippen LogP contribution in [-0.2, 0) is 11.2 Å². The zero-order valence-electron chi connectivity index (χ0n) is 15.4. The number of amides is 1. The minimum Gasteiger partial charge on any atom is -0.354 e. The van der Waals surface area contributed by atoms with Gasteiger partial charge in [0.25, 0.3) is 5.56 Å². The molecule has 0 saturated carbocycles. The van der Waals surface area contributed by atoms with Crippen LogP contribution in [0.2, 0.25) is 0 Å². The fourth-order valence-corrected chi connectivity index (χ4v) is 3.86. The summed E-state index contributed by atoms with van der Waals surface area (Å²) in [6.45, 7) is 2.51. The van der Waals surface area contributed by atoms with Gasteiger partial charge < -0.3 is 10.2 Å². The number of rotatable bonds is 7. The number of likely N-dealkylation sites (N-methyl/N-ethyl adjacent to an activating group) is 1. The fraction of sp³-hybridized carbons (Fsp3) is 0.333. The molecule has 0 aliphatic heterocycles. The highest BCUT2D eigenvalue weighted by molar-refractivity contribution is 7.98. The minimum atomic E-state index is -0.217. The Kier molecular flexibility index (Phi) is 6.12. The van der Waals surface area contributed by atoms with Gasteiger partial charge in [-0.05, 0) is 37.3 Å². The first kappa shape index (κ1) is 19.4. The van der Waals surface area contributed by atoms with Gasteiger partial charge in [-0.3, -0.25) is 9.59 Å². The van der Waals surface area contributed by atoms with Crippen LogP contribution < -0.4 is 15.8 Å². The molecule has 1 N–H and O–H groups in total. The molecule has 0 aliphatic rings. The first-order valence-corrected chi connectivity index (χ1v) is 10.5. The number of anilines is 1. The molecule has 0 saturated heterocycles. The molecule has 3 aromatic rings. The Hall–Kier alpha value is -2.39. The van der Waals surface area contributed by atoms with Crippen molar-refractivity contribution in [3.8, 4) is 0 Å². The molecule has 0 radical (unpaired) electrons. The van der Waals surface area contributed by atoms with Crippen molar-refractivity contribution in [1.29, 1.82) is 0 Å². The largest absolute Gasteiger partial charge is 0.354 e. The molecular weight excluding hydrogens is 382 g/mol. The molecule has 2 heterocycles. The third-order valence-electron chi connectivity index (χ3n) is 3.96. The second-order valence-electron chi connectivity index (χ2n) is 6.12. The maximum absolute atomic E-state index is 12.2. The molecular formula is C18H21N5O2S2. The molecule has 0 aliphatic carbocycles. The van der Waals surface area contributed by atoms with Crippen LogP contribution >= 0.6 is 23.1 Å². The summed E-state index contributed by atoms with van der Waals surface area (Å²) in [4.78, 5) is 31.9. The van der Waals surface area contributed by atoms with Crippen molar-refractivity contribution in [2.75, 3.05) is 31.3 Å². The number of thioether (sulfide) groups is 1. The first-order valence-electron chi connectivity index (χ1n) is 8.44. The average Bonchev–Trinajstić information content (AvgIpc) is 3.07. The van der Waals surface area contributed by atoms with Gasteiger partial charge in [-0.2, -0.15) is 4.52 Å². The average molecular weight is 404 g/mol. The Morgan fingerprint density at radius 3 is 2.78 bits per heavy atom. The number of aromatic nitrogens is 3. The Bertz CT molecular complexity index is 997. The number of carbonyl (C=O) groups is 1. The second kappa shape index (κ2) is 8.53. The molecule has 1 amide bonds. The number of aryl methyl sites for hydroxylation is 1. The van der Waals surface area contributed by atoms with Gasteiger partial charge in [0.2, 0.25) is 16.0 Å². The van der Waals surface area contributed by atoms with Crippen LogP contribution in [0, 0.1) is 6.92 Å². The lowest BCUT2D eigenvalue weighted by atomic mass is 10.1. The molecule has 2 aromatic heterocycles. The van der Waals surface area contributed by atoms with E-state index in [0.717, 1.165) is 6.42 Å². The van der Waals surface area contributed by atoms with E-state index < -0.39 is 0 Å². The van der Waals surface area contributed by atoms with E-state index in [1.54, 1.807) is 30.6 Å². The van der Waals surface area contributed by atoms with Crippen molar-refractivity contribution in [3.63, 3.8) is 0 Å². The van der Waals surface area contributed by atoms with Crippen molar-refractivity contribution in [2.24, 2.45) is 0 Å². The summed E-state index contributed by atoms with van der Waals surface area (Å²) < 4.78 is 1.26. The fourth-order valence-electron chi connectivity index (χ4n) is 2.54. The van der Waals surface area contributed by atoms with Gasteiger partial charge >= 0.3 is 0 Å². The van der Waals surface area contributed by atoms with Crippen LogP contribution in [0.15, 0.2) is 40.0 Å². The zero-order chi connectivity index (χ0) is 19.4. The highest BCUT2D eigenvalue weighted by Gasteiger charge is 2.14. The van der Waals surface area contributed by atoms with Crippen molar-refractivity contribution >= 4 is 39.1 Å². The van der Waals surface area contributed by atoms with Crippen LogP contribution in [-0.4, -0.2) is 46.9 Å². The third kappa shape index (κ3) is 4.86. The van der Waals surface area contributed by atoms with Gasteiger partial charge in [-0.15, -0.1) is 16.9 Å². The van der Waals surface area contributed by atoms with E-state index in [4.69, 9.17) is 0 Å². The van der Waals surface area contributed by atoms with E-state index in [0.29, 0.717) is 22.3 Å². The quantitative estimate of drug-likeness (QED) is 0.608. The van der Waals surface area contributed by atoms with E-state index in [1.165, 1.54) is 32.4 Å². The topological polar surface area (TPSA) is 79.6 Å². The molecule has 27 heavy (non-hydrogen) atoms. The third-order valence-corrected chi connectivity index (χ3v) is 5.73. The predicted molar refractivity (Wildman–Crippen MR) is 110 cm³/mol. The zero-order valence-corrected chi connectivity index (χ0v) is 17.1. The summed E-state index contributed by atoms with van der Waals surface area (Å²) in [7, 11) is 1.77. The first-order chi connectivity index (χ1) is 13.0. The van der Waals surface area contributed by atoms with Gasteiger partial charge in [0, 0.05) is 30.2 Å². The van der Waals surface area contributed by atoms with E-state index in [9.17, 15) is 9.59 Å². The Morgan fingerprint density at radius 2 is 2.07 bits per heavy atom. The van der Waals surface area contributed by atoms with E-state index in [-0.39, 0.29) is 18.0 Å². The van der Waals surface area contributed by atoms with Gasteiger partial charge in [0.15, 0.2) is 0 Å². The van der Waals surface area contributed by atoms with E-state index >= 15 is 0 Å². The lowest BCUT2D eigenvalue weighted by molar-refractivity contribution is -0.119. The highest BCUT2D eigenvalue weighted by atomic mass is 32.2. The summed E-state index contributed by atoms with van der Waals surface area (Å²) in [6, 6.07) is 9.77. The monoisotopic (exact) mass is 403 g/mol. The molecule has 3 rings (SSSR count). The Balaban J connectivity index is 1.54. The van der Waals surface area contributed by atoms with Gasteiger partial charge in [-0.25, -0.2) is 4.98 Å². The van der Waals surface area contributed by atoms with Gasteiger partial charge in [0.05, 0.1) is 6.54 Å². The van der Waals surface area contributed by atoms with Crippen molar-refractivity contribution < 1.29 is 4.79 Å². The molecule has 0 atom stereocenters. The standard InChI is InChI=1S/C18H21N5O2S2/c1-12-10-16(25)23-17(20-12)27-18(21-23)22(2)11-15(24)19-9-8-13-4-6-14(26-3)7-5-13/h4-7,10H,8-9,11H2,1-3H3,(H,19,24). The number of nitrogens with one attached hydrogen (secondary N) is 1. The normalized spacial score (nSPS) is 10.9. The molecule has 0 unspecified atom stereocenters. The Labute approximate surface area is 165 Å². The summed E-state index contributed by atoms with van der Waals surface area (Å²) in [5, 5.41) is 7.75. The van der Waals surface area contributed by atoms with Gasteiger partial charge in [0.1, 0.15) is 0 Å². The minimum absolute atomic E-state index is 0.0889. The number of fused-ring (bicyclic) bond motifs is 1. The lowest BCUT2D eigenvalue weighted by Gasteiger charge is -2.14. The van der Waals surface area contributed by atoms with Crippen LogP contribution in [0.1, 0.15) is 11.3 Å². The highest BCUT2D eigenvalue weighted by Crippen LogP contribution is 2.19. The van der Waals surface area contributed by atoms with E-state index in [2.05, 4.69) is 39.7 Å². The molecule has 142 valence electrons. The summed E-state index contributed by atoms with van der Waals surface area (Å²) in [5.74, 6) is -0.0889. The molecule has 0 fully saturated rings. The summed E-state index contributed by atoms with van der Waals surface area (Å²) in [6.07, 6.45) is 2.83. The number of benzene rings is 1. The van der Waals surface area contributed by atoms with E-state index in [1.807, 2.05) is 6.26 Å². The Morgan fingerprint density at radius 1 is 1.33 bits per heavy atom. The predicted octanol–water partition coefficient (Wildman–Crippen LogP) is 1.98. The molecule has 0 spiro atoms. The smallest absolute Gasteiger partial charge is 0.275 e. The molecule has 9 heteroatoms. The summed E-state index contributed by atoms with van der Waals surface area (Å²) in [5.41, 5.74) is 1.62. The molecule has 1 aromatic carbocycles. The van der Waals surface area contributed by atoms with Crippen molar-refractivity contribution in [1.82, 2.24) is 19.9 Å². The SMILES string of the molecule is CSc1ccc(CCNC(=O)CN(C)c2nn3c(=O)cc(C)nc3s2)cc1. The summed E-state index contributed by atoms with van der Waals surface area (Å²) >= 11 is 2.99. The number of nitrogens with zero attached hydrogens (tertiary/aromatic N) is 4. The second-order valence-corrected chi connectivity index (χ2v) is 7.93. The van der Waals surface area contributed by atoms with Crippen LogP contribution in [0.4, 0.5) is 5.13 Å². The molecule has 0 bridgehead atoms. The number of hydrogen-bond donors (Lipinski definition) is 1. The van der Waals surface area contributed by atoms with Crippen LogP contribution in [0.3, 0.4) is 0 Å². The molecule has 7 nitrogen and oxygen atoms in total. The maximum Gasteiger partial charge on any atom is 0.275 e. The van der Waals surface area contributed by atoms with Crippen LogP contribution in [0.5, 0.6) is 0 Å². The number of carbonyl (C=O) groups excluding carboxylic acids is 1. The van der Waals surface area contributed by atoms with Crippen molar-refractivity contribution in [2.45, 2.75) is 18.2 Å². The van der Waals surface area contributed by atoms with Gasteiger partial charge in [-0.1, -0.05) is 23.5 Å². The maximum atomic E-state index is 12.2.